The van der Waals surface area contributed by atoms with Gasteiger partial charge in [-0.2, -0.15) is 5.10 Å². The van der Waals surface area contributed by atoms with Crippen molar-refractivity contribution in [2.24, 2.45) is 7.05 Å². The van der Waals surface area contributed by atoms with E-state index in [0.717, 1.165) is 28.0 Å². The second kappa shape index (κ2) is 6.92. The minimum Gasteiger partial charge on any atom is -0.342 e. The number of amides is 1. The van der Waals surface area contributed by atoms with Crippen molar-refractivity contribution in [3.63, 3.8) is 0 Å². The van der Waals surface area contributed by atoms with Gasteiger partial charge in [-0.3, -0.25) is 9.48 Å². The number of aromatic nitrogens is 5. The lowest BCUT2D eigenvalue weighted by Crippen LogP contribution is -2.27. The van der Waals surface area contributed by atoms with Crippen molar-refractivity contribution >= 4 is 16.9 Å². The van der Waals surface area contributed by atoms with Crippen molar-refractivity contribution in [2.45, 2.75) is 26.8 Å². The number of nitrogens with zero attached hydrogens (tertiary/aromatic N) is 4. The van der Waals surface area contributed by atoms with E-state index in [2.05, 4.69) is 25.4 Å². The number of nitrogens with one attached hydrogen (secondary N) is 2. The number of fused-ring (bicyclic) bond motifs is 1. The van der Waals surface area contributed by atoms with Crippen LogP contribution in [0.4, 0.5) is 0 Å². The van der Waals surface area contributed by atoms with Gasteiger partial charge in [-0.05, 0) is 32.4 Å². The first-order valence-corrected chi connectivity index (χ1v) is 9.16. The molecule has 2 N–H and O–H groups in total. The molecule has 0 aliphatic heterocycles. The smallest absolute Gasteiger partial charge is 0.252 e. The number of benzene rings is 1. The van der Waals surface area contributed by atoms with Crippen LogP contribution < -0.4 is 5.32 Å². The highest BCUT2D eigenvalue weighted by atomic mass is 16.1. The largest absolute Gasteiger partial charge is 0.342 e. The first-order chi connectivity index (χ1) is 13.4. The van der Waals surface area contributed by atoms with Gasteiger partial charge in [0.2, 0.25) is 0 Å². The summed E-state index contributed by atoms with van der Waals surface area (Å²) in [6, 6.07) is 11.5. The standard InChI is InChI=1S/C21H22N6O/c1-12-10-16(18-13(2)26-27(4)20(18)23-12)21(28)24-14(3)19-22-11-17(25-19)15-8-6-5-7-9-15/h5-11,14H,1-4H3,(H,22,25)(H,24,28). The van der Waals surface area contributed by atoms with Gasteiger partial charge in [-0.1, -0.05) is 30.3 Å². The molecule has 3 heterocycles. The average Bonchev–Trinajstić information content (AvgIpc) is 3.27. The maximum Gasteiger partial charge on any atom is 0.252 e. The third-order valence-corrected chi connectivity index (χ3v) is 4.78. The van der Waals surface area contributed by atoms with E-state index in [0.29, 0.717) is 17.0 Å². The number of H-pyrrole nitrogens is 1. The van der Waals surface area contributed by atoms with E-state index in [9.17, 15) is 4.79 Å². The van der Waals surface area contributed by atoms with E-state index in [1.807, 2.05) is 58.2 Å². The van der Waals surface area contributed by atoms with E-state index in [4.69, 9.17) is 0 Å². The highest BCUT2D eigenvalue weighted by Crippen LogP contribution is 2.23. The second-order valence-electron chi connectivity index (χ2n) is 6.96. The molecule has 0 saturated carbocycles. The summed E-state index contributed by atoms with van der Waals surface area (Å²) < 4.78 is 1.70. The second-order valence-corrected chi connectivity index (χ2v) is 6.96. The third kappa shape index (κ3) is 3.15. The van der Waals surface area contributed by atoms with Gasteiger partial charge < -0.3 is 10.3 Å². The molecular weight excluding hydrogens is 352 g/mol. The fourth-order valence-electron chi connectivity index (χ4n) is 3.41. The molecule has 0 bridgehead atoms. The van der Waals surface area contributed by atoms with Crippen LogP contribution in [0, 0.1) is 13.8 Å². The van der Waals surface area contributed by atoms with Crippen LogP contribution in [-0.4, -0.2) is 30.6 Å². The Labute approximate surface area is 162 Å². The Morgan fingerprint density at radius 3 is 2.71 bits per heavy atom. The van der Waals surface area contributed by atoms with Crippen LogP contribution in [0.15, 0.2) is 42.6 Å². The van der Waals surface area contributed by atoms with Crippen LogP contribution >= 0.6 is 0 Å². The number of imidazole rings is 1. The molecule has 0 aliphatic rings. The van der Waals surface area contributed by atoms with Crippen molar-refractivity contribution < 1.29 is 4.79 Å². The number of hydrogen-bond acceptors (Lipinski definition) is 4. The number of aromatic amines is 1. The fourth-order valence-corrected chi connectivity index (χ4v) is 3.41. The quantitative estimate of drug-likeness (QED) is 0.572. The fraction of sp³-hybridized carbons (Fsp3) is 0.238. The Bertz CT molecular complexity index is 1160. The molecule has 0 radical (unpaired) electrons. The van der Waals surface area contributed by atoms with Crippen LogP contribution in [0.3, 0.4) is 0 Å². The Kier molecular flexibility index (Phi) is 4.43. The predicted molar refractivity (Wildman–Crippen MR) is 108 cm³/mol. The van der Waals surface area contributed by atoms with Crippen molar-refractivity contribution in [1.82, 2.24) is 30.0 Å². The summed E-state index contributed by atoms with van der Waals surface area (Å²) in [5.74, 6) is 0.536. The molecule has 4 aromatic rings. The summed E-state index contributed by atoms with van der Waals surface area (Å²) in [6.07, 6.45) is 1.79. The summed E-state index contributed by atoms with van der Waals surface area (Å²) in [7, 11) is 1.83. The first-order valence-electron chi connectivity index (χ1n) is 9.16. The Morgan fingerprint density at radius 1 is 1.21 bits per heavy atom. The van der Waals surface area contributed by atoms with Crippen molar-refractivity contribution in [2.75, 3.05) is 0 Å². The lowest BCUT2D eigenvalue weighted by molar-refractivity contribution is 0.0940. The van der Waals surface area contributed by atoms with E-state index in [1.54, 1.807) is 16.9 Å². The molecule has 1 aromatic carbocycles. The maximum atomic E-state index is 13.0. The zero-order valence-electron chi connectivity index (χ0n) is 16.3. The van der Waals surface area contributed by atoms with Crippen LogP contribution in [0.5, 0.6) is 0 Å². The Hall–Kier alpha value is -3.48. The molecule has 1 unspecified atom stereocenters. The van der Waals surface area contributed by atoms with Crippen LogP contribution in [-0.2, 0) is 7.05 Å². The number of rotatable bonds is 4. The van der Waals surface area contributed by atoms with Gasteiger partial charge in [-0.25, -0.2) is 9.97 Å². The van der Waals surface area contributed by atoms with Crippen LogP contribution in [0.2, 0.25) is 0 Å². The Balaban J connectivity index is 1.61. The summed E-state index contributed by atoms with van der Waals surface area (Å²) in [6.45, 7) is 5.67. The molecule has 142 valence electrons. The zero-order chi connectivity index (χ0) is 19.8. The predicted octanol–water partition coefficient (Wildman–Crippen LogP) is 3.47. The van der Waals surface area contributed by atoms with Gasteiger partial charge in [0, 0.05) is 12.7 Å². The maximum absolute atomic E-state index is 13.0. The minimum absolute atomic E-state index is 0.170. The SMILES string of the molecule is Cc1cc(C(=O)NC(C)c2ncc(-c3ccccc3)[nH]2)c2c(C)nn(C)c2n1. The monoisotopic (exact) mass is 374 g/mol. The van der Waals surface area contributed by atoms with Crippen molar-refractivity contribution in [3.05, 3.63) is 65.4 Å². The number of carbonyl (C=O) groups is 1. The number of pyridine rings is 1. The summed E-state index contributed by atoms with van der Waals surface area (Å²) >= 11 is 0. The molecule has 0 fully saturated rings. The molecule has 0 spiro atoms. The minimum atomic E-state index is -0.273. The summed E-state index contributed by atoms with van der Waals surface area (Å²) in [5.41, 5.74) is 4.82. The highest BCUT2D eigenvalue weighted by molar-refractivity contribution is 6.06. The van der Waals surface area contributed by atoms with Crippen molar-refractivity contribution in [1.29, 1.82) is 0 Å². The molecule has 7 nitrogen and oxygen atoms in total. The molecule has 1 amide bonds. The lowest BCUT2D eigenvalue weighted by Gasteiger charge is -2.13. The highest BCUT2D eigenvalue weighted by Gasteiger charge is 2.20. The van der Waals surface area contributed by atoms with E-state index in [-0.39, 0.29) is 11.9 Å². The Morgan fingerprint density at radius 2 is 1.96 bits per heavy atom. The number of hydrogen-bond donors (Lipinski definition) is 2. The molecule has 4 rings (SSSR count). The molecule has 0 saturated heterocycles. The van der Waals surface area contributed by atoms with E-state index < -0.39 is 0 Å². The third-order valence-electron chi connectivity index (χ3n) is 4.78. The van der Waals surface area contributed by atoms with Crippen LogP contribution in [0.1, 0.15) is 40.5 Å². The zero-order valence-corrected chi connectivity index (χ0v) is 16.3. The summed E-state index contributed by atoms with van der Waals surface area (Å²) in [4.78, 5) is 25.3. The lowest BCUT2D eigenvalue weighted by atomic mass is 10.1. The topological polar surface area (TPSA) is 88.5 Å². The molecular formula is C21H22N6O. The number of carbonyl (C=O) groups excluding carboxylic acids is 1. The number of aryl methyl sites for hydroxylation is 3. The first kappa shape index (κ1) is 17.9. The van der Waals surface area contributed by atoms with Gasteiger partial charge in [-0.15, -0.1) is 0 Å². The molecule has 0 aliphatic carbocycles. The molecule has 1 atom stereocenters. The van der Waals surface area contributed by atoms with Gasteiger partial charge in [0.1, 0.15) is 5.82 Å². The normalized spacial score (nSPS) is 12.3. The summed E-state index contributed by atoms with van der Waals surface area (Å²) in [5, 5.41) is 8.22. The van der Waals surface area contributed by atoms with Gasteiger partial charge in [0.25, 0.3) is 5.91 Å². The van der Waals surface area contributed by atoms with Crippen LogP contribution in [0.25, 0.3) is 22.3 Å². The van der Waals surface area contributed by atoms with Gasteiger partial charge in [0.05, 0.1) is 34.6 Å². The van der Waals surface area contributed by atoms with Gasteiger partial charge >= 0.3 is 0 Å². The molecule has 7 heteroatoms. The van der Waals surface area contributed by atoms with Crippen molar-refractivity contribution in [3.8, 4) is 11.3 Å². The molecule has 28 heavy (non-hydrogen) atoms. The van der Waals surface area contributed by atoms with Gasteiger partial charge in [0.15, 0.2) is 5.65 Å². The molecule has 3 aromatic heterocycles. The average molecular weight is 374 g/mol. The van der Waals surface area contributed by atoms with E-state index in [1.165, 1.54) is 0 Å². The van der Waals surface area contributed by atoms with E-state index >= 15 is 0 Å².